The van der Waals surface area contributed by atoms with E-state index in [2.05, 4.69) is 5.48 Å². The molecule has 1 aliphatic rings. The Balaban J connectivity index is 1.82. The van der Waals surface area contributed by atoms with Crippen LogP contribution in [0.5, 0.6) is 0 Å². The fourth-order valence-electron chi connectivity index (χ4n) is 2.07. The molecule has 16 heavy (non-hydrogen) atoms. The molecule has 1 aromatic rings. The van der Waals surface area contributed by atoms with Crippen molar-refractivity contribution >= 4 is 0 Å². The van der Waals surface area contributed by atoms with Crippen LogP contribution in [0.25, 0.3) is 0 Å². The lowest BCUT2D eigenvalue weighted by Crippen LogP contribution is -2.21. The molecule has 88 valence electrons. The van der Waals surface area contributed by atoms with Gasteiger partial charge in [-0.05, 0) is 43.0 Å². The Morgan fingerprint density at radius 1 is 1.38 bits per heavy atom. The molecule has 0 spiro atoms. The molecule has 1 saturated carbocycles. The van der Waals surface area contributed by atoms with E-state index >= 15 is 0 Å². The second-order valence-corrected chi connectivity index (χ2v) is 4.42. The summed E-state index contributed by atoms with van der Waals surface area (Å²) in [4.78, 5) is 5.53. The molecule has 1 fully saturated rings. The maximum atomic E-state index is 13.0. The number of hydrogen-bond acceptors (Lipinski definition) is 2. The second-order valence-electron chi connectivity index (χ2n) is 4.42. The molecule has 1 aromatic carbocycles. The van der Waals surface area contributed by atoms with Crippen LogP contribution in [0.1, 0.15) is 36.8 Å². The van der Waals surface area contributed by atoms with Gasteiger partial charge in [-0.3, -0.25) is 4.84 Å². The number of halogens is 1. The monoisotopic (exact) mass is 223 g/mol. The van der Waals surface area contributed by atoms with Crippen molar-refractivity contribution in [1.82, 2.24) is 5.48 Å². The van der Waals surface area contributed by atoms with Crippen molar-refractivity contribution in [3.8, 4) is 0 Å². The summed E-state index contributed by atoms with van der Waals surface area (Å²) in [5.74, 6) is -0.191. The molecule has 0 aliphatic heterocycles. The molecule has 0 atom stereocenters. The maximum Gasteiger partial charge on any atom is 0.123 e. The highest BCUT2D eigenvalue weighted by Gasteiger charge is 2.15. The highest BCUT2D eigenvalue weighted by atomic mass is 19.1. The standard InChI is InChI=1S/C13H18FNO/c1-10-6-7-12(14)8-11(10)9-15-16-13-4-2-3-5-13/h6-8,13,15H,2-5,9H2,1H3. The fourth-order valence-corrected chi connectivity index (χ4v) is 2.07. The molecular formula is C13H18FNO. The van der Waals surface area contributed by atoms with Gasteiger partial charge in [0.25, 0.3) is 0 Å². The summed E-state index contributed by atoms with van der Waals surface area (Å²) in [6, 6.07) is 4.83. The number of nitrogens with one attached hydrogen (secondary N) is 1. The predicted octanol–water partition coefficient (Wildman–Crippen LogP) is 3.10. The quantitative estimate of drug-likeness (QED) is 0.792. The van der Waals surface area contributed by atoms with Crippen LogP contribution in [0.2, 0.25) is 0 Å². The maximum absolute atomic E-state index is 13.0. The zero-order valence-electron chi connectivity index (χ0n) is 9.63. The number of aryl methyl sites for hydroxylation is 1. The van der Waals surface area contributed by atoms with Crippen molar-refractivity contribution in [1.29, 1.82) is 0 Å². The first kappa shape index (κ1) is 11.6. The van der Waals surface area contributed by atoms with Gasteiger partial charge in [0.2, 0.25) is 0 Å². The molecule has 0 bridgehead atoms. The van der Waals surface area contributed by atoms with Crippen LogP contribution in [0.15, 0.2) is 18.2 Å². The molecule has 2 nitrogen and oxygen atoms in total. The largest absolute Gasteiger partial charge is 0.298 e. The van der Waals surface area contributed by atoms with Crippen LogP contribution >= 0.6 is 0 Å². The van der Waals surface area contributed by atoms with Crippen molar-refractivity contribution in [2.75, 3.05) is 0 Å². The summed E-state index contributed by atoms with van der Waals surface area (Å²) in [7, 11) is 0. The Morgan fingerprint density at radius 3 is 2.88 bits per heavy atom. The van der Waals surface area contributed by atoms with Crippen LogP contribution in [0.3, 0.4) is 0 Å². The van der Waals surface area contributed by atoms with Gasteiger partial charge in [0, 0.05) is 6.54 Å². The third kappa shape index (κ3) is 3.03. The predicted molar refractivity (Wildman–Crippen MR) is 61.3 cm³/mol. The van der Waals surface area contributed by atoms with Crippen LogP contribution in [0.4, 0.5) is 4.39 Å². The summed E-state index contributed by atoms with van der Waals surface area (Å²) in [6.45, 7) is 2.55. The molecule has 0 unspecified atom stereocenters. The van der Waals surface area contributed by atoms with Crippen LogP contribution < -0.4 is 5.48 Å². The van der Waals surface area contributed by atoms with Gasteiger partial charge >= 0.3 is 0 Å². The highest BCUT2D eigenvalue weighted by molar-refractivity contribution is 5.26. The Bertz CT molecular complexity index is 348. The molecule has 0 aromatic heterocycles. The molecule has 1 N–H and O–H groups in total. The molecule has 1 aliphatic carbocycles. The van der Waals surface area contributed by atoms with Crippen LogP contribution in [-0.2, 0) is 11.4 Å². The highest BCUT2D eigenvalue weighted by Crippen LogP contribution is 2.20. The van der Waals surface area contributed by atoms with Crippen molar-refractivity contribution < 1.29 is 9.23 Å². The van der Waals surface area contributed by atoms with Gasteiger partial charge in [0.15, 0.2) is 0 Å². The van der Waals surface area contributed by atoms with Crippen molar-refractivity contribution in [3.63, 3.8) is 0 Å². The lowest BCUT2D eigenvalue weighted by Gasteiger charge is -2.12. The average Bonchev–Trinajstić information content (AvgIpc) is 2.76. The average molecular weight is 223 g/mol. The van der Waals surface area contributed by atoms with Gasteiger partial charge in [0.05, 0.1) is 6.10 Å². The van der Waals surface area contributed by atoms with E-state index in [0.717, 1.165) is 24.0 Å². The van der Waals surface area contributed by atoms with Gasteiger partial charge in [-0.1, -0.05) is 18.9 Å². The summed E-state index contributed by atoms with van der Waals surface area (Å²) in [5, 5.41) is 0. The number of hydroxylamine groups is 1. The number of rotatable bonds is 4. The van der Waals surface area contributed by atoms with Crippen LogP contribution in [0, 0.1) is 12.7 Å². The summed E-state index contributed by atoms with van der Waals surface area (Å²) >= 11 is 0. The second kappa shape index (κ2) is 5.41. The van der Waals surface area contributed by atoms with Crippen molar-refractivity contribution in [3.05, 3.63) is 35.1 Å². The van der Waals surface area contributed by atoms with Crippen molar-refractivity contribution in [2.24, 2.45) is 0 Å². The van der Waals surface area contributed by atoms with E-state index in [-0.39, 0.29) is 5.82 Å². The molecule has 3 heteroatoms. The summed E-state index contributed by atoms with van der Waals surface area (Å²) in [5.41, 5.74) is 4.99. The molecule has 2 rings (SSSR count). The Labute approximate surface area is 95.8 Å². The summed E-state index contributed by atoms with van der Waals surface area (Å²) in [6.07, 6.45) is 5.12. The van der Waals surface area contributed by atoms with Gasteiger partial charge in [-0.15, -0.1) is 0 Å². The Morgan fingerprint density at radius 2 is 2.12 bits per heavy atom. The topological polar surface area (TPSA) is 21.3 Å². The first-order valence-electron chi connectivity index (χ1n) is 5.89. The molecule has 0 heterocycles. The van der Waals surface area contributed by atoms with E-state index in [1.807, 2.05) is 6.92 Å². The van der Waals surface area contributed by atoms with E-state index in [1.165, 1.54) is 18.9 Å². The lowest BCUT2D eigenvalue weighted by atomic mass is 10.1. The third-order valence-corrected chi connectivity index (χ3v) is 3.13. The number of benzene rings is 1. The summed E-state index contributed by atoms with van der Waals surface area (Å²) < 4.78 is 13.0. The molecule has 0 radical (unpaired) electrons. The van der Waals surface area contributed by atoms with Crippen LogP contribution in [-0.4, -0.2) is 6.10 Å². The minimum Gasteiger partial charge on any atom is -0.298 e. The zero-order valence-corrected chi connectivity index (χ0v) is 9.63. The van der Waals surface area contributed by atoms with Gasteiger partial charge in [-0.25, -0.2) is 4.39 Å². The van der Waals surface area contributed by atoms with Gasteiger partial charge in [-0.2, -0.15) is 5.48 Å². The first-order valence-corrected chi connectivity index (χ1v) is 5.89. The van der Waals surface area contributed by atoms with Crippen molar-refractivity contribution in [2.45, 2.75) is 45.3 Å². The molecule has 0 amide bonds. The van der Waals surface area contributed by atoms with E-state index < -0.39 is 0 Å². The number of hydrogen-bond donors (Lipinski definition) is 1. The van der Waals surface area contributed by atoms with E-state index in [0.29, 0.717) is 12.6 Å². The third-order valence-electron chi connectivity index (χ3n) is 3.13. The minimum absolute atomic E-state index is 0.191. The van der Waals surface area contributed by atoms with E-state index in [4.69, 9.17) is 4.84 Å². The van der Waals surface area contributed by atoms with Gasteiger partial charge < -0.3 is 0 Å². The smallest absolute Gasteiger partial charge is 0.123 e. The first-order chi connectivity index (χ1) is 7.75. The Hall–Kier alpha value is -0.930. The zero-order chi connectivity index (χ0) is 11.4. The molecular weight excluding hydrogens is 205 g/mol. The SMILES string of the molecule is Cc1ccc(F)cc1CNOC1CCCC1. The van der Waals surface area contributed by atoms with E-state index in [9.17, 15) is 4.39 Å². The minimum atomic E-state index is -0.191. The Kier molecular flexibility index (Phi) is 3.91. The fraction of sp³-hybridized carbons (Fsp3) is 0.538. The van der Waals surface area contributed by atoms with E-state index in [1.54, 1.807) is 12.1 Å². The van der Waals surface area contributed by atoms with Gasteiger partial charge in [0.1, 0.15) is 5.82 Å². The normalized spacial score (nSPS) is 16.9. The lowest BCUT2D eigenvalue weighted by molar-refractivity contribution is -0.0245. The molecule has 0 saturated heterocycles.